The number of aryl methyl sites for hydroxylation is 1. The first-order valence-corrected chi connectivity index (χ1v) is 6.12. The molecule has 0 radical (unpaired) electrons. The summed E-state index contributed by atoms with van der Waals surface area (Å²) < 4.78 is 1.65. The summed E-state index contributed by atoms with van der Waals surface area (Å²) in [6.45, 7) is 2.33. The smallest absolute Gasteiger partial charge is 0.326 e. The number of para-hydroxylation sites is 2. The number of aromatic nitrogens is 2. The van der Waals surface area contributed by atoms with Crippen molar-refractivity contribution >= 4 is 11.0 Å². The molecule has 4 nitrogen and oxygen atoms in total. The normalized spacial score (nSPS) is 11.0. The summed E-state index contributed by atoms with van der Waals surface area (Å²) in [5.41, 5.74) is 3.31. The molecule has 0 aliphatic rings. The van der Waals surface area contributed by atoms with Crippen molar-refractivity contribution in [2.45, 2.75) is 13.5 Å². The minimum Gasteiger partial charge on any atom is -0.508 e. The number of imidazole rings is 1. The summed E-state index contributed by atoms with van der Waals surface area (Å²) in [6.07, 6.45) is 0. The van der Waals surface area contributed by atoms with Crippen LogP contribution < -0.4 is 5.69 Å². The summed E-state index contributed by atoms with van der Waals surface area (Å²) in [5.74, 6) is 0.206. The summed E-state index contributed by atoms with van der Waals surface area (Å²) in [5, 5.41) is 9.82. The van der Waals surface area contributed by atoms with E-state index in [0.717, 1.165) is 22.2 Å². The van der Waals surface area contributed by atoms with Crippen molar-refractivity contribution in [3.05, 3.63) is 64.1 Å². The first kappa shape index (κ1) is 11.6. The fourth-order valence-corrected chi connectivity index (χ4v) is 2.37. The fraction of sp³-hybridized carbons (Fsp3) is 0.133. The molecular weight excluding hydrogens is 240 g/mol. The molecule has 3 rings (SSSR count). The van der Waals surface area contributed by atoms with Crippen LogP contribution in [0, 0.1) is 6.92 Å². The van der Waals surface area contributed by atoms with Gasteiger partial charge in [-0.05, 0) is 24.6 Å². The maximum atomic E-state index is 12.0. The Morgan fingerprint density at radius 2 is 1.95 bits per heavy atom. The van der Waals surface area contributed by atoms with E-state index >= 15 is 0 Å². The molecule has 0 saturated heterocycles. The highest BCUT2D eigenvalue weighted by molar-refractivity contribution is 5.78. The van der Waals surface area contributed by atoms with Crippen molar-refractivity contribution in [3.63, 3.8) is 0 Å². The average Bonchev–Trinajstić information content (AvgIpc) is 2.70. The number of aromatic hydroxyl groups is 1. The second kappa shape index (κ2) is 4.31. The van der Waals surface area contributed by atoms with Crippen LogP contribution in [0.25, 0.3) is 11.0 Å². The Labute approximate surface area is 109 Å². The predicted molar refractivity (Wildman–Crippen MR) is 74.5 cm³/mol. The SMILES string of the molecule is Cc1cccc2[nH]c(=O)n(Cc3ccccc3O)c12. The van der Waals surface area contributed by atoms with Gasteiger partial charge in [-0.15, -0.1) is 0 Å². The number of phenolic OH excluding ortho intramolecular Hbond substituents is 1. The third-order valence-electron chi connectivity index (χ3n) is 3.31. The molecule has 4 heteroatoms. The maximum Gasteiger partial charge on any atom is 0.326 e. The number of benzene rings is 2. The number of hydrogen-bond acceptors (Lipinski definition) is 2. The van der Waals surface area contributed by atoms with E-state index in [9.17, 15) is 9.90 Å². The summed E-state index contributed by atoms with van der Waals surface area (Å²) >= 11 is 0. The lowest BCUT2D eigenvalue weighted by atomic mass is 10.1. The molecule has 0 aliphatic heterocycles. The number of phenols is 1. The largest absolute Gasteiger partial charge is 0.508 e. The number of rotatable bonds is 2. The Bertz CT molecular complexity index is 799. The minimum absolute atomic E-state index is 0.160. The molecule has 0 spiro atoms. The molecule has 0 amide bonds. The molecule has 0 fully saturated rings. The van der Waals surface area contributed by atoms with E-state index in [-0.39, 0.29) is 11.4 Å². The summed E-state index contributed by atoms with van der Waals surface area (Å²) in [7, 11) is 0. The zero-order valence-electron chi connectivity index (χ0n) is 10.6. The van der Waals surface area contributed by atoms with Crippen LogP contribution >= 0.6 is 0 Å². The summed E-state index contributed by atoms with van der Waals surface area (Å²) in [4.78, 5) is 14.9. The zero-order valence-corrected chi connectivity index (χ0v) is 10.6. The summed E-state index contributed by atoms with van der Waals surface area (Å²) in [6, 6.07) is 12.8. The molecule has 96 valence electrons. The highest BCUT2D eigenvalue weighted by Gasteiger charge is 2.10. The third-order valence-corrected chi connectivity index (χ3v) is 3.31. The molecule has 0 aliphatic carbocycles. The topological polar surface area (TPSA) is 58.0 Å². The predicted octanol–water partition coefficient (Wildman–Crippen LogP) is 2.39. The zero-order chi connectivity index (χ0) is 13.4. The monoisotopic (exact) mass is 254 g/mol. The van der Waals surface area contributed by atoms with Crippen LogP contribution in [0.5, 0.6) is 5.75 Å². The number of nitrogens with zero attached hydrogens (tertiary/aromatic N) is 1. The van der Waals surface area contributed by atoms with E-state index in [1.807, 2.05) is 37.3 Å². The van der Waals surface area contributed by atoms with Crippen molar-refractivity contribution in [2.75, 3.05) is 0 Å². The molecule has 2 aromatic carbocycles. The van der Waals surface area contributed by atoms with Crippen LogP contribution in [0.15, 0.2) is 47.3 Å². The van der Waals surface area contributed by atoms with E-state index in [0.29, 0.717) is 6.54 Å². The Balaban J connectivity index is 2.19. The van der Waals surface area contributed by atoms with Crippen LogP contribution in [0.2, 0.25) is 0 Å². The lowest BCUT2D eigenvalue weighted by Gasteiger charge is -2.07. The van der Waals surface area contributed by atoms with Crippen LogP contribution in [-0.4, -0.2) is 14.7 Å². The van der Waals surface area contributed by atoms with E-state index < -0.39 is 0 Å². The molecule has 1 heterocycles. The second-order valence-corrected chi connectivity index (χ2v) is 4.62. The molecule has 0 bridgehead atoms. The molecule has 19 heavy (non-hydrogen) atoms. The van der Waals surface area contributed by atoms with Crippen molar-refractivity contribution in [3.8, 4) is 5.75 Å². The number of nitrogens with one attached hydrogen (secondary N) is 1. The van der Waals surface area contributed by atoms with E-state index in [2.05, 4.69) is 4.98 Å². The van der Waals surface area contributed by atoms with Crippen molar-refractivity contribution in [2.24, 2.45) is 0 Å². The highest BCUT2D eigenvalue weighted by atomic mass is 16.3. The minimum atomic E-state index is -0.160. The molecule has 0 atom stereocenters. The van der Waals surface area contributed by atoms with Crippen LogP contribution in [0.1, 0.15) is 11.1 Å². The lowest BCUT2D eigenvalue weighted by Crippen LogP contribution is -2.17. The van der Waals surface area contributed by atoms with Crippen LogP contribution in [0.4, 0.5) is 0 Å². The number of aromatic amines is 1. The van der Waals surface area contributed by atoms with Crippen molar-refractivity contribution in [1.82, 2.24) is 9.55 Å². The molecule has 3 aromatic rings. The van der Waals surface area contributed by atoms with Gasteiger partial charge < -0.3 is 10.1 Å². The highest BCUT2D eigenvalue weighted by Crippen LogP contribution is 2.20. The van der Waals surface area contributed by atoms with Gasteiger partial charge in [0.2, 0.25) is 0 Å². The number of hydrogen-bond donors (Lipinski definition) is 2. The van der Waals surface area contributed by atoms with Gasteiger partial charge in [0.1, 0.15) is 5.75 Å². The number of H-pyrrole nitrogens is 1. The lowest BCUT2D eigenvalue weighted by molar-refractivity contribution is 0.466. The standard InChI is InChI=1S/C15H14N2O2/c1-10-5-4-7-12-14(10)17(15(19)16-12)9-11-6-2-3-8-13(11)18/h2-8,18H,9H2,1H3,(H,16,19). The van der Waals surface area contributed by atoms with Gasteiger partial charge in [-0.3, -0.25) is 4.57 Å². The van der Waals surface area contributed by atoms with Gasteiger partial charge in [-0.1, -0.05) is 30.3 Å². The quantitative estimate of drug-likeness (QED) is 0.737. The van der Waals surface area contributed by atoms with Gasteiger partial charge in [0.15, 0.2) is 0 Å². The maximum absolute atomic E-state index is 12.0. The number of fused-ring (bicyclic) bond motifs is 1. The molecule has 1 aromatic heterocycles. The fourth-order valence-electron chi connectivity index (χ4n) is 2.37. The van der Waals surface area contributed by atoms with Gasteiger partial charge in [-0.2, -0.15) is 0 Å². The Hall–Kier alpha value is -2.49. The van der Waals surface area contributed by atoms with Gasteiger partial charge in [0.25, 0.3) is 0 Å². The van der Waals surface area contributed by atoms with Gasteiger partial charge in [0, 0.05) is 5.56 Å². The van der Waals surface area contributed by atoms with Crippen molar-refractivity contribution in [1.29, 1.82) is 0 Å². The van der Waals surface area contributed by atoms with Crippen LogP contribution in [0.3, 0.4) is 0 Å². The van der Waals surface area contributed by atoms with Gasteiger partial charge in [0.05, 0.1) is 17.6 Å². The van der Waals surface area contributed by atoms with Crippen molar-refractivity contribution < 1.29 is 5.11 Å². The van der Waals surface area contributed by atoms with Crippen LogP contribution in [-0.2, 0) is 6.54 Å². The molecule has 2 N–H and O–H groups in total. The van der Waals surface area contributed by atoms with E-state index in [4.69, 9.17) is 0 Å². The Kier molecular flexibility index (Phi) is 2.63. The Morgan fingerprint density at radius 3 is 2.74 bits per heavy atom. The first-order valence-electron chi connectivity index (χ1n) is 6.12. The molecular formula is C15H14N2O2. The van der Waals surface area contributed by atoms with E-state index in [1.165, 1.54) is 0 Å². The van der Waals surface area contributed by atoms with Gasteiger partial charge in [-0.25, -0.2) is 4.79 Å². The molecule has 0 saturated carbocycles. The van der Waals surface area contributed by atoms with E-state index in [1.54, 1.807) is 16.7 Å². The second-order valence-electron chi connectivity index (χ2n) is 4.62. The van der Waals surface area contributed by atoms with Gasteiger partial charge >= 0.3 is 5.69 Å². The Morgan fingerprint density at radius 1 is 1.16 bits per heavy atom. The first-order chi connectivity index (χ1) is 9.16. The average molecular weight is 254 g/mol. The molecule has 0 unspecified atom stereocenters. The third kappa shape index (κ3) is 1.91.